The number of nitrogens with zero attached hydrogens (tertiary/aromatic N) is 4. The number of aromatic nitrogens is 3. The Morgan fingerprint density at radius 3 is 2.43 bits per heavy atom. The topological polar surface area (TPSA) is 100 Å². The van der Waals surface area contributed by atoms with Crippen molar-refractivity contribution in [2.75, 3.05) is 47.7 Å². The van der Waals surface area contributed by atoms with E-state index in [4.69, 9.17) is 0 Å². The minimum atomic E-state index is -2.98. The van der Waals surface area contributed by atoms with Gasteiger partial charge in [0, 0.05) is 20.6 Å². The van der Waals surface area contributed by atoms with E-state index in [1.807, 2.05) is 27.9 Å². The predicted molar refractivity (Wildman–Crippen MR) is 83.6 cm³/mol. The van der Waals surface area contributed by atoms with Crippen LogP contribution in [-0.4, -0.2) is 61.1 Å². The van der Waals surface area contributed by atoms with E-state index in [9.17, 15) is 8.42 Å². The average molecular weight is 314 g/mol. The van der Waals surface area contributed by atoms with Crippen LogP contribution in [0.5, 0.6) is 0 Å². The third-order valence-electron chi connectivity index (χ3n) is 3.28. The number of nitrogens with one attached hydrogen (secondary N) is 2. The number of rotatable bonds is 5. The van der Waals surface area contributed by atoms with Crippen LogP contribution in [0.4, 0.5) is 17.8 Å². The first kappa shape index (κ1) is 15.7. The highest BCUT2D eigenvalue weighted by Gasteiger charge is 2.39. The molecule has 0 aromatic carbocycles. The van der Waals surface area contributed by atoms with Crippen molar-refractivity contribution in [3.8, 4) is 0 Å². The minimum Gasteiger partial charge on any atom is -0.354 e. The second-order valence-electron chi connectivity index (χ2n) is 5.74. The molecule has 21 heavy (non-hydrogen) atoms. The van der Waals surface area contributed by atoms with Gasteiger partial charge in [0.05, 0.1) is 17.0 Å². The van der Waals surface area contributed by atoms with Crippen LogP contribution in [0.3, 0.4) is 0 Å². The molecule has 118 valence electrons. The van der Waals surface area contributed by atoms with Crippen LogP contribution in [0.2, 0.25) is 0 Å². The van der Waals surface area contributed by atoms with Gasteiger partial charge < -0.3 is 15.5 Å². The van der Waals surface area contributed by atoms with Crippen LogP contribution >= 0.6 is 0 Å². The molecule has 0 bridgehead atoms. The van der Waals surface area contributed by atoms with Crippen molar-refractivity contribution in [1.29, 1.82) is 0 Å². The molecule has 1 aliphatic rings. The summed E-state index contributed by atoms with van der Waals surface area (Å²) in [4.78, 5) is 14.7. The van der Waals surface area contributed by atoms with Crippen molar-refractivity contribution >= 4 is 27.7 Å². The third kappa shape index (κ3) is 3.93. The fraction of sp³-hybridized carbons (Fsp3) is 0.750. The van der Waals surface area contributed by atoms with E-state index in [1.54, 1.807) is 4.90 Å². The zero-order valence-corrected chi connectivity index (χ0v) is 13.7. The molecule has 1 aliphatic heterocycles. The highest BCUT2D eigenvalue weighted by atomic mass is 32.2. The number of hydrogen-bond acceptors (Lipinski definition) is 8. The molecule has 1 unspecified atom stereocenters. The van der Waals surface area contributed by atoms with Crippen LogP contribution in [0, 0.1) is 0 Å². The highest BCUT2D eigenvalue weighted by Crippen LogP contribution is 2.26. The van der Waals surface area contributed by atoms with Gasteiger partial charge >= 0.3 is 0 Å². The lowest BCUT2D eigenvalue weighted by atomic mass is 10.0. The summed E-state index contributed by atoms with van der Waals surface area (Å²) in [6.07, 6.45) is 0.550. The van der Waals surface area contributed by atoms with Gasteiger partial charge in [-0.15, -0.1) is 0 Å². The van der Waals surface area contributed by atoms with Gasteiger partial charge in [-0.2, -0.15) is 15.0 Å². The zero-order chi connectivity index (χ0) is 15.7. The van der Waals surface area contributed by atoms with Crippen molar-refractivity contribution in [3.63, 3.8) is 0 Å². The van der Waals surface area contributed by atoms with Gasteiger partial charge in [0.1, 0.15) is 0 Å². The Bertz CT molecular complexity index is 618. The maximum Gasteiger partial charge on any atom is 0.231 e. The second-order valence-corrected chi connectivity index (χ2v) is 7.92. The molecule has 2 rings (SSSR count). The summed E-state index contributed by atoms with van der Waals surface area (Å²) in [7, 11) is 0.707. The fourth-order valence-corrected chi connectivity index (χ4v) is 4.33. The summed E-state index contributed by atoms with van der Waals surface area (Å²) in [6.45, 7) is 4.53. The Labute approximate surface area is 125 Å². The van der Waals surface area contributed by atoms with Crippen LogP contribution < -0.4 is 15.5 Å². The fourth-order valence-electron chi connectivity index (χ4n) is 2.24. The van der Waals surface area contributed by atoms with Gasteiger partial charge in [-0.1, -0.05) is 0 Å². The SMILES string of the molecule is CCNc1nc(NC2(C)CCS(=O)(=O)C2)nc(N(C)C)n1. The van der Waals surface area contributed by atoms with Gasteiger partial charge in [-0.05, 0) is 20.3 Å². The van der Waals surface area contributed by atoms with E-state index < -0.39 is 15.4 Å². The van der Waals surface area contributed by atoms with E-state index >= 15 is 0 Å². The van der Waals surface area contributed by atoms with Crippen molar-refractivity contribution in [3.05, 3.63) is 0 Å². The van der Waals surface area contributed by atoms with E-state index in [2.05, 4.69) is 25.6 Å². The molecule has 2 heterocycles. The smallest absolute Gasteiger partial charge is 0.231 e. The van der Waals surface area contributed by atoms with Gasteiger partial charge in [0.25, 0.3) is 0 Å². The Kier molecular flexibility index (Phi) is 4.22. The quantitative estimate of drug-likeness (QED) is 0.803. The summed E-state index contributed by atoms with van der Waals surface area (Å²) in [5.41, 5.74) is -0.534. The van der Waals surface area contributed by atoms with Crippen molar-refractivity contribution in [1.82, 2.24) is 15.0 Å². The Morgan fingerprint density at radius 2 is 1.90 bits per heavy atom. The molecule has 0 radical (unpaired) electrons. The maximum absolute atomic E-state index is 11.7. The normalized spacial score (nSPS) is 23.8. The van der Waals surface area contributed by atoms with Crippen molar-refractivity contribution in [2.24, 2.45) is 0 Å². The molecule has 0 aliphatic carbocycles. The summed E-state index contributed by atoms with van der Waals surface area (Å²) in [5.74, 6) is 1.68. The first-order valence-electron chi connectivity index (χ1n) is 6.89. The Morgan fingerprint density at radius 1 is 1.24 bits per heavy atom. The summed E-state index contributed by atoms with van der Waals surface area (Å²) < 4.78 is 23.3. The van der Waals surface area contributed by atoms with Crippen LogP contribution in [0.15, 0.2) is 0 Å². The Balaban J connectivity index is 2.27. The van der Waals surface area contributed by atoms with Gasteiger partial charge in [0.2, 0.25) is 17.8 Å². The van der Waals surface area contributed by atoms with Gasteiger partial charge in [-0.25, -0.2) is 8.42 Å². The van der Waals surface area contributed by atoms with Crippen LogP contribution in [-0.2, 0) is 9.84 Å². The largest absolute Gasteiger partial charge is 0.354 e. The maximum atomic E-state index is 11.7. The standard InChI is InChI=1S/C12H22N6O2S/c1-5-13-9-14-10(16-11(15-9)18(3)4)17-12(2)6-7-21(19,20)8-12/h5-8H2,1-4H3,(H2,13,14,15,16,17). The first-order valence-corrected chi connectivity index (χ1v) is 8.71. The molecule has 0 amide bonds. The molecule has 0 saturated carbocycles. The molecule has 9 heteroatoms. The molecular weight excluding hydrogens is 292 g/mol. The third-order valence-corrected chi connectivity index (χ3v) is 5.18. The lowest BCUT2D eigenvalue weighted by Gasteiger charge is -2.24. The number of anilines is 3. The average Bonchev–Trinajstić information content (AvgIpc) is 2.63. The monoisotopic (exact) mass is 314 g/mol. The van der Waals surface area contributed by atoms with Crippen molar-refractivity contribution in [2.45, 2.75) is 25.8 Å². The highest BCUT2D eigenvalue weighted by molar-refractivity contribution is 7.91. The summed E-state index contributed by atoms with van der Waals surface area (Å²) in [6, 6.07) is 0. The van der Waals surface area contributed by atoms with Gasteiger partial charge in [0.15, 0.2) is 9.84 Å². The molecule has 8 nitrogen and oxygen atoms in total. The zero-order valence-electron chi connectivity index (χ0n) is 12.8. The van der Waals surface area contributed by atoms with E-state index in [-0.39, 0.29) is 11.5 Å². The molecule has 2 N–H and O–H groups in total. The molecule has 1 saturated heterocycles. The molecule has 1 aromatic rings. The Hall–Kier alpha value is -1.64. The van der Waals surface area contributed by atoms with Gasteiger partial charge in [-0.3, -0.25) is 0 Å². The number of sulfone groups is 1. The van der Waals surface area contributed by atoms with Crippen molar-refractivity contribution < 1.29 is 8.42 Å². The van der Waals surface area contributed by atoms with E-state index in [0.29, 0.717) is 30.8 Å². The lowest BCUT2D eigenvalue weighted by molar-refractivity contribution is 0.569. The molecule has 0 spiro atoms. The molecular formula is C12H22N6O2S. The molecule has 1 aromatic heterocycles. The predicted octanol–water partition coefficient (Wildman–Crippen LogP) is 0.359. The number of hydrogen-bond donors (Lipinski definition) is 2. The first-order chi connectivity index (χ1) is 9.73. The minimum absolute atomic E-state index is 0.0967. The van der Waals surface area contributed by atoms with E-state index in [1.165, 1.54) is 0 Å². The molecule has 1 atom stereocenters. The second kappa shape index (κ2) is 5.63. The summed E-state index contributed by atoms with van der Waals surface area (Å²) >= 11 is 0. The van der Waals surface area contributed by atoms with Crippen LogP contribution in [0.25, 0.3) is 0 Å². The molecule has 1 fully saturated rings. The van der Waals surface area contributed by atoms with Crippen LogP contribution in [0.1, 0.15) is 20.3 Å². The summed E-state index contributed by atoms with van der Waals surface area (Å²) in [5, 5.41) is 6.21. The van der Waals surface area contributed by atoms with E-state index in [0.717, 1.165) is 0 Å². The lowest BCUT2D eigenvalue weighted by Crippen LogP contribution is -2.37.